The van der Waals surface area contributed by atoms with E-state index in [0.29, 0.717) is 37.3 Å². The predicted molar refractivity (Wildman–Crippen MR) is 132 cm³/mol. The second-order valence-corrected chi connectivity index (χ2v) is 10.3. The summed E-state index contributed by atoms with van der Waals surface area (Å²) >= 11 is 0. The number of aryl methyl sites for hydroxylation is 1. The van der Waals surface area contributed by atoms with Gasteiger partial charge in [0.2, 0.25) is 10.0 Å². The summed E-state index contributed by atoms with van der Waals surface area (Å²) in [7, 11) is -3.23. The van der Waals surface area contributed by atoms with Gasteiger partial charge in [-0.2, -0.15) is 4.31 Å². The molecule has 33 heavy (non-hydrogen) atoms. The molecule has 0 saturated heterocycles. The number of benzene rings is 3. The van der Waals surface area contributed by atoms with Crippen molar-refractivity contribution < 1.29 is 13.2 Å². The van der Waals surface area contributed by atoms with Gasteiger partial charge in [0.25, 0.3) is 5.91 Å². The van der Waals surface area contributed by atoms with Gasteiger partial charge in [0.1, 0.15) is 0 Å². The lowest BCUT2D eigenvalue weighted by Gasteiger charge is -2.28. The van der Waals surface area contributed by atoms with Crippen LogP contribution in [0.15, 0.2) is 60.7 Å². The molecule has 0 aromatic heterocycles. The third-order valence-corrected chi connectivity index (χ3v) is 7.16. The summed E-state index contributed by atoms with van der Waals surface area (Å²) in [4.78, 5) is 12.9. The van der Waals surface area contributed by atoms with Gasteiger partial charge < -0.3 is 16.4 Å². The minimum Gasteiger partial charge on any atom is -0.355 e. The molecule has 172 valence electrons. The first-order valence-corrected chi connectivity index (χ1v) is 12.6. The lowest BCUT2D eigenvalue weighted by molar-refractivity contribution is 0.102. The lowest BCUT2D eigenvalue weighted by atomic mass is 9.98. The van der Waals surface area contributed by atoms with Crippen LogP contribution in [0.25, 0.3) is 0 Å². The van der Waals surface area contributed by atoms with Gasteiger partial charge in [-0.25, -0.2) is 8.42 Å². The molecular weight excluding hydrogens is 436 g/mol. The fourth-order valence-electron chi connectivity index (χ4n) is 4.01. The van der Waals surface area contributed by atoms with E-state index in [1.807, 2.05) is 67.6 Å². The summed E-state index contributed by atoms with van der Waals surface area (Å²) in [6.07, 6.45) is 1.87. The zero-order valence-electron chi connectivity index (χ0n) is 18.8. The Kier molecular flexibility index (Phi) is 6.51. The van der Waals surface area contributed by atoms with Crippen LogP contribution >= 0.6 is 0 Å². The molecule has 0 atom stereocenters. The van der Waals surface area contributed by atoms with Crippen molar-refractivity contribution in [1.29, 1.82) is 0 Å². The first-order chi connectivity index (χ1) is 15.7. The third-order valence-electron chi connectivity index (χ3n) is 5.91. The molecule has 0 spiro atoms. The average Bonchev–Trinajstić information content (AvgIpc) is 2.80. The Morgan fingerprint density at radius 1 is 1.06 bits per heavy atom. The van der Waals surface area contributed by atoms with Crippen LogP contribution in [-0.4, -0.2) is 31.4 Å². The van der Waals surface area contributed by atoms with Crippen molar-refractivity contribution in [2.24, 2.45) is 5.73 Å². The number of nitrogens with one attached hydrogen (secondary N) is 2. The maximum absolute atomic E-state index is 12.9. The number of amides is 1. The van der Waals surface area contributed by atoms with E-state index in [2.05, 4.69) is 10.6 Å². The number of carbonyl (C=O) groups excluding carboxylic acids is 1. The molecule has 0 aliphatic carbocycles. The van der Waals surface area contributed by atoms with Crippen LogP contribution in [0.1, 0.15) is 32.6 Å². The average molecular weight is 465 g/mol. The molecule has 0 saturated carbocycles. The van der Waals surface area contributed by atoms with Gasteiger partial charge in [0.15, 0.2) is 0 Å². The Labute approximate surface area is 194 Å². The van der Waals surface area contributed by atoms with Gasteiger partial charge in [-0.15, -0.1) is 0 Å². The first kappa shape index (κ1) is 23.0. The SMILES string of the molecule is Cc1ccc(Nc2cccc3c2CCN(S(C)(=O)=O)C3)cc1C(=O)Nc1ccc(CN)cc1. The number of nitrogens with two attached hydrogens (primary N) is 1. The molecule has 0 fully saturated rings. The van der Waals surface area contributed by atoms with E-state index in [-0.39, 0.29) is 5.91 Å². The highest BCUT2D eigenvalue weighted by Gasteiger charge is 2.24. The van der Waals surface area contributed by atoms with Gasteiger partial charge in [0, 0.05) is 42.3 Å². The predicted octanol–water partition coefficient (Wildman–Crippen LogP) is 3.77. The first-order valence-electron chi connectivity index (χ1n) is 10.8. The number of sulfonamides is 1. The molecule has 1 aliphatic rings. The zero-order chi connectivity index (χ0) is 23.6. The molecule has 3 aromatic carbocycles. The van der Waals surface area contributed by atoms with E-state index < -0.39 is 10.0 Å². The van der Waals surface area contributed by atoms with Crippen molar-refractivity contribution in [2.75, 3.05) is 23.4 Å². The highest BCUT2D eigenvalue weighted by Crippen LogP contribution is 2.30. The molecule has 3 aromatic rings. The van der Waals surface area contributed by atoms with E-state index in [4.69, 9.17) is 5.73 Å². The van der Waals surface area contributed by atoms with Gasteiger partial charge in [-0.3, -0.25) is 4.79 Å². The van der Waals surface area contributed by atoms with E-state index in [1.165, 1.54) is 10.6 Å². The van der Waals surface area contributed by atoms with Crippen LogP contribution in [-0.2, 0) is 29.5 Å². The summed E-state index contributed by atoms with van der Waals surface area (Å²) in [6, 6.07) is 19.0. The van der Waals surface area contributed by atoms with Crippen LogP contribution in [0.5, 0.6) is 0 Å². The minimum atomic E-state index is -3.23. The zero-order valence-corrected chi connectivity index (χ0v) is 19.6. The van der Waals surface area contributed by atoms with Crippen LogP contribution in [0.2, 0.25) is 0 Å². The van der Waals surface area contributed by atoms with Crippen LogP contribution < -0.4 is 16.4 Å². The van der Waals surface area contributed by atoms with Crippen molar-refractivity contribution in [1.82, 2.24) is 4.31 Å². The Balaban J connectivity index is 1.54. The molecule has 0 bridgehead atoms. The van der Waals surface area contributed by atoms with Crippen molar-refractivity contribution in [3.05, 3.63) is 88.5 Å². The molecule has 0 radical (unpaired) electrons. The number of anilines is 3. The second-order valence-electron chi connectivity index (χ2n) is 8.30. The minimum absolute atomic E-state index is 0.185. The summed E-state index contributed by atoms with van der Waals surface area (Å²) in [5.74, 6) is -0.185. The summed E-state index contributed by atoms with van der Waals surface area (Å²) in [5, 5.41) is 6.37. The smallest absolute Gasteiger partial charge is 0.256 e. The number of hydrogen-bond acceptors (Lipinski definition) is 5. The van der Waals surface area contributed by atoms with Crippen molar-refractivity contribution in [3.8, 4) is 0 Å². The monoisotopic (exact) mass is 464 g/mol. The normalized spacial score (nSPS) is 13.9. The Hall–Kier alpha value is -3.20. The van der Waals surface area contributed by atoms with Crippen LogP contribution in [0.3, 0.4) is 0 Å². The molecule has 7 nitrogen and oxygen atoms in total. The summed E-state index contributed by atoms with van der Waals surface area (Å²) in [6.45, 7) is 3.18. The fraction of sp³-hybridized carbons (Fsp3) is 0.240. The summed E-state index contributed by atoms with van der Waals surface area (Å²) < 4.78 is 25.4. The summed E-state index contributed by atoms with van der Waals surface area (Å²) in [5.41, 5.74) is 12.6. The molecule has 1 heterocycles. The van der Waals surface area contributed by atoms with Crippen LogP contribution in [0, 0.1) is 6.92 Å². The maximum Gasteiger partial charge on any atom is 0.256 e. The molecule has 0 unspecified atom stereocenters. The van der Waals surface area contributed by atoms with Gasteiger partial charge in [-0.1, -0.05) is 30.3 Å². The lowest BCUT2D eigenvalue weighted by Crippen LogP contribution is -2.35. The Morgan fingerprint density at radius 2 is 1.79 bits per heavy atom. The molecule has 4 rings (SSSR count). The van der Waals surface area contributed by atoms with Crippen molar-refractivity contribution >= 4 is 33.0 Å². The maximum atomic E-state index is 12.9. The number of nitrogens with zero attached hydrogens (tertiary/aromatic N) is 1. The molecular formula is C25H28N4O3S. The molecule has 1 amide bonds. The topological polar surface area (TPSA) is 105 Å². The van der Waals surface area contributed by atoms with E-state index in [9.17, 15) is 13.2 Å². The Bertz CT molecular complexity index is 1290. The van der Waals surface area contributed by atoms with Gasteiger partial charge >= 0.3 is 0 Å². The van der Waals surface area contributed by atoms with Crippen molar-refractivity contribution in [2.45, 2.75) is 26.4 Å². The molecule has 1 aliphatic heterocycles. The van der Waals surface area contributed by atoms with E-state index in [0.717, 1.165) is 33.6 Å². The number of rotatable bonds is 6. The molecule has 4 N–H and O–H groups in total. The Morgan fingerprint density at radius 3 is 2.48 bits per heavy atom. The number of carbonyl (C=O) groups is 1. The number of hydrogen-bond donors (Lipinski definition) is 3. The standard InChI is InChI=1S/C25H28N4O3S/c1-17-6-9-21(14-23(17)25(30)28-20-10-7-18(15-26)8-11-20)27-24-5-3-4-19-16-29(33(2,31)32)13-12-22(19)24/h3-11,14,27H,12-13,15-16,26H2,1-2H3,(H,28,30). The van der Waals surface area contributed by atoms with Gasteiger partial charge in [0.05, 0.1) is 6.26 Å². The van der Waals surface area contributed by atoms with E-state index in [1.54, 1.807) is 0 Å². The number of fused-ring (bicyclic) bond motifs is 1. The fourth-order valence-corrected chi connectivity index (χ4v) is 4.80. The van der Waals surface area contributed by atoms with E-state index >= 15 is 0 Å². The van der Waals surface area contributed by atoms with Gasteiger partial charge in [-0.05, 0) is 65.9 Å². The highest BCUT2D eigenvalue weighted by atomic mass is 32.2. The van der Waals surface area contributed by atoms with Crippen LogP contribution in [0.4, 0.5) is 17.1 Å². The third kappa shape index (κ3) is 5.24. The quantitative estimate of drug-likeness (QED) is 0.515. The van der Waals surface area contributed by atoms with Crippen molar-refractivity contribution in [3.63, 3.8) is 0 Å². The highest BCUT2D eigenvalue weighted by molar-refractivity contribution is 7.88. The second kappa shape index (κ2) is 9.35. The largest absolute Gasteiger partial charge is 0.355 e. The molecule has 8 heteroatoms.